The molecule has 4 fully saturated rings. The monoisotopic (exact) mass is 437 g/mol. The Morgan fingerprint density at radius 1 is 0.812 bits per heavy atom. The van der Waals surface area contributed by atoms with Gasteiger partial charge in [-0.3, -0.25) is 19.2 Å². The van der Waals surface area contributed by atoms with Crippen molar-refractivity contribution >= 4 is 35.0 Å². The standard InChI is InChI=1S/C25H31N3O4/c1-22(2)14-8-10-24(12-14,18(22)29)20(31)27-16-6-5-7-17(26-16)28-21(32)25-11-9-15(13-25)23(3,4)19(25)30/h5-7,14-15H,8-13H2,1-4H3,(H2,26,27,28,31,32)/t14-,15+,24-,25+. The highest BCUT2D eigenvalue weighted by molar-refractivity contribution is 6.16. The zero-order valence-corrected chi connectivity index (χ0v) is 19.2. The number of amides is 2. The van der Waals surface area contributed by atoms with E-state index in [0.29, 0.717) is 37.3 Å². The van der Waals surface area contributed by atoms with Gasteiger partial charge in [0, 0.05) is 10.8 Å². The molecule has 1 aromatic heterocycles. The van der Waals surface area contributed by atoms with Gasteiger partial charge in [0.15, 0.2) is 11.6 Å². The third kappa shape index (κ3) is 2.63. The molecular formula is C25H31N3O4. The minimum absolute atomic E-state index is 0.0143. The number of hydrogen-bond acceptors (Lipinski definition) is 5. The van der Waals surface area contributed by atoms with Crippen molar-refractivity contribution in [2.75, 3.05) is 10.6 Å². The molecule has 1 aromatic rings. The van der Waals surface area contributed by atoms with Gasteiger partial charge in [0.1, 0.15) is 22.5 Å². The van der Waals surface area contributed by atoms with Crippen LogP contribution in [0.5, 0.6) is 0 Å². The lowest BCUT2D eigenvalue weighted by Crippen LogP contribution is -2.45. The van der Waals surface area contributed by atoms with Crippen molar-refractivity contribution in [1.82, 2.24) is 4.98 Å². The van der Waals surface area contributed by atoms with E-state index in [2.05, 4.69) is 15.6 Å². The summed E-state index contributed by atoms with van der Waals surface area (Å²) in [4.78, 5) is 56.7. The van der Waals surface area contributed by atoms with Gasteiger partial charge in [-0.1, -0.05) is 33.8 Å². The average Bonchev–Trinajstić information content (AvgIpc) is 3.46. The largest absolute Gasteiger partial charge is 0.310 e. The average molecular weight is 438 g/mol. The topological polar surface area (TPSA) is 105 Å². The molecule has 0 saturated heterocycles. The second-order valence-corrected chi connectivity index (χ2v) is 11.5. The number of carbonyl (C=O) groups excluding carboxylic acids is 4. The number of fused-ring (bicyclic) bond motifs is 4. The molecule has 2 N–H and O–H groups in total. The molecule has 5 rings (SSSR count). The van der Waals surface area contributed by atoms with Gasteiger partial charge in [-0.25, -0.2) is 4.98 Å². The number of pyridine rings is 1. The van der Waals surface area contributed by atoms with E-state index < -0.39 is 21.7 Å². The van der Waals surface area contributed by atoms with Crippen LogP contribution in [-0.2, 0) is 19.2 Å². The first-order chi connectivity index (χ1) is 14.9. The molecule has 2 amide bonds. The number of anilines is 2. The van der Waals surface area contributed by atoms with Gasteiger partial charge in [-0.05, 0) is 62.5 Å². The normalized spacial score (nSPS) is 35.9. The predicted molar refractivity (Wildman–Crippen MR) is 119 cm³/mol. The summed E-state index contributed by atoms with van der Waals surface area (Å²) in [5.41, 5.74) is -2.90. The SMILES string of the molecule is CC1(C)C(=O)[C@@]2(C(=O)Nc3cccc(NC(=O)[C@@]45CC[C@@H](C4)C(C)(C)C5=O)n3)CC[C@@H]1C2. The van der Waals surface area contributed by atoms with Crippen LogP contribution in [-0.4, -0.2) is 28.4 Å². The minimum Gasteiger partial charge on any atom is -0.310 e. The van der Waals surface area contributed by atoms with Gasteiger partial charge in [-0.2, -0.15) is 0 Å². The highest BCUT2D eigenvalue weighted by Crippen LogP contribution is 2.61. The van der Waals surface area contributed by atoms with Gasteiger partial charge in [0.2, 0.25) is 11.8 Å². The Balaban J connectivity index is 1.32. The van der Waals surface area contributed by atoms with Crippen molar-refractivity contribution in [2.45, 2.75) is 66.2 Å². The molecule has 0 aromatic carbocycles. The van der Waals surface area contributed by atoms with Crippen molar-refractivity contribution in [1.29, 1.82) is 0 Å². The van der Waals surface area contributed by atoms with Crippen LogP contribution in [0.4, 0.5) is 11.6 Å². The minimum atomic E-state index is -0.977. The van der Waals surface area contributed by atoms with Crippen molar-refractivity contribution < 1.29 is 19.2 Å². The zero-order valence-electron chi connectivity index (χ0n) is 19.2. The molecule has 4 bridgehead atoms. The smallest absolute Gasteiger partial charge is 0.239 e. The summed E-state index contributed by atoms with van der Waals surface area (Å²) in [5.74, 6) is 0.476. The Morgan fingerprint density at radius 3 is 1.56 bits per heavy atom. The number of ketones is 2. The number of nitrogens with one attached hydrogen (secondary N) is 2. The third-order valence-corrected chi connectivity index (χ3v) is 9.21. The summed E-state index contributed by atoms with van der Waals surface area (Å²) >= 11 is 0. The molecule has 4 aliphatic rings. The lowest BCUT2D eigenvalue weighted by atomic mass is 9.70. The number of rotatable bonds is 4. The summed E-state index contributed by atoms with van der Waals surface area (Å²) in [6.07, 6.45) is 4.07. The second-order valence-electron chi connectivity index (χ2n) is 11.5. The molecule has 0 aliphatic heterocycles. The fourth-order valence-corrected chi connectivity index (χ4v) is 7.00. The maximum atomic E-state index is 13.1. The number of carbonyl (C=O) groups is 4. The lowest BCUT2D eigenvalue weighted by Gasteiger charge is -2.32. The lowest BCUT2D eigenvalue weighted by molar-refractivity contribution is -0.143. The summed E-state index contributed by atoms with van der Waals surface area (Å²) in [5, 5.41) is 5.64. The number of aromatic nitrogens is 1. The fourth-order valence-electron chi connectivity index (χ4n) is 7.00. The van der Waals surface area contributed by atoms with Gasteiger partial charge < -0.3 is 10.6 Å². The summed E-state index contributed by atoms with van der Waals surface area (Å²) in [6.45, 7) is 7.73. The van der Waals surface area contributed by atoms with Gasteiger partial charge >= 0.3 is 0 Å². The molecule has 4 saturated carbocycles. The Bertz CT molecular complexity index is 982. The summed E-state index contributed by atoms with van der Waals surface area (Å²) < 4.78 is 0. The summed E-state index contributed by atoms with van der Waals surface area (Å²) in [6, 6.07) is 4.99. The van der Waals surface area contributed by atoms with E-state index in [1.807, 2.05) is 27.7 Å². The van der Waals surface area contributed by atoms with Crippen LogP contribution in [0, 0.1) is 33.5 Å². The molecule has 0 radical (unpaired) electrons. The van der Waals surface area contributed by atoms with Gasteiger partial charge in [0.25, 0.3) is 0 Å². The number of hydrogen-bond donors (Lipinski definition) is 2. The van der Waals surface area contributed by atoms with Crippen molar-refractivity contribution in [3.05, 3.63) is 18.2 Å². The Morgan fingerprint density at radius 2 is 1.22 bits per heavy atom. The van der Waals surface area contributed by atoms with E-state index in [4.69, 9.17) is 0 Å². The van der Waals surface area contributed by atoms with E-state index >= 15 is 0 Å². The maximum absolute atomic E-state index is 13.1. The van der Waals surface area contributed by atoms with Crippen LogP contribution in [0.3, 0.4) is 0 Å². The van der Waals surface area contributed by atoms with Gasteiger partial charge in [-0.15, -0.1) is 0 Å². The van der Waals surface area contributed by atoms with E-state index in [9.17, 15) is 19.2 Å². The molecule has 4 atom stereocenters. The quantitative estimate of drug-likeness (QED) is 0.698. The molecule has 1 heterocycles. The van der Waals surface area contributed by atoms with Crippen LogP contribution in [0.15, 0.2) is 18.2 Å². The predicted octanol–water partition coefficient (Wildman–Crippen LogP) is 3.75. The zero-order chi connectivity index (χ0) is 23.1. The first kappa shape index (κ1) is 21.3. The third-order valence-electron chi connectivity index (χ3n) is 9.21. The molecule has 0 unspecified atom stereocenters. The molecule has 32 heavy (non-hydrogen) atoms. The Labute approximate surface area is 188 Å². The first-order valence-corrected chi connectivity index (χ1v) is 11.6. The maximum Gasteiger partial charge on any atom is 0.239 e. The van der Waals surface area contributed by atoms with Crippen LogP contribution < -0.4 is 10.6 Å². The van der Waals surface area contributed by atoms with Crippen molar-refractivity contribution in [3.63, 3.8) is 0 Å². The molecule has 7 nitrogen and oxygen atoms in total. The Kier molecular flexibility index (Phi) is 4.31. The second kappa shape index (κ2) is 6.49. The fraction of sp³-hybridized carbons (Fsp3) is 0.640. The molecule has 170 valence electrons. The van der Waals surface area contributed by atoms with Crippen LogP contribution in [0.1, 0.15) is 66.2 Å². The first-order valence-electron chi connectivity index (χ1n) is 11.6. The van der Waals surface area contributed by atoms with Crippen molar-refractivity contribution in [3.8, 4) is 0 Å². The van der Waals surface area contributed by atoms with Crippen LogP contribution >= 0.6 is 0 Å². The van der Waals surface area contributed by atoms with Crippen molar-refractivity contribution in [2.24, 2.45) is 33.5 Å². The van der Waals surface area contributed by atoms with E-state index in [0.717, 1.165) is 12.8 Å². The van der Waals surface area contributed by atoms with E-state index in [1.165, 1.54) is 0 Å². The molecule has 0 spiro atoms. The Hall–Kier alpha value is -2.57. The number of Topliss-reactive ketones (excluding diaryl/α,β-unsaturated/α-hetero) is 2. The molecule has 7 heteroatoms. The van der Waals surface area contributed by atoms with Crippen LogP contribution in [0.2, 0.25) is 0 Å². The molecular weight excluding hydrogens is 406 g/mol. The van der Waals surface area contributed by atoms with Gasteiger partial charge in [0.05, 0.1) is 0 Å². The van der Waals surface area contributed by atoms with Crippen LogP contribution in [0.25, 0.3) is 0 Å². The highest BCUT2D eigenvalue weighted by Gasteiger charge is 2.66. The van der Waals surface area contributed by atoms with E-state index in [-0.39, 0.29) is 35.2 Å². The van der Waals surface area contributed by atoms with E-state index in [1.54, 1.807) is 18.2 Å². The highest BCUT2D eigenvalue weighted by atomic mass is 16.2. The summed E-state index contributed by atoms with van der Waals surface area (Å²) in [7, 11) is 0. The number of nitrogens with zero attached hydrogens (tertiary/aromatic N) is 1. The molecule has 4 aliphatic carbocycles.